The number of benzene rings is 1. The van der Waals surface area contributed by atoms with E-state index < -0.39 is 17.7 Å². The lowest BCUT2D eigenvalue weighted by Gasteiger charge is -2.44. The molecule has 0 aromatic heterocycles. The number of amides is 1. The Kier molecular flexibility index (Phi) is 3.14. The molecule has 0 aliphatic carbocycles. The SMILES string of the molecule is C=Cc1ccc2c(c1)C(N1C=CCC1=O)C(O)C(C)(C)O2. The van der Waals surface area contributed by atoms with Crippen molar-refractivity contribution in [3.05, 3.63) is 48.2 Å². The molecule has 110 valence electrons. The largest absolute Gasteiger partial charge is 0.485 e. The van der Waals surface area contributed by atoms with Crippen molar-refractivity contribution in [3.63, 3.8) is 0 Å². The van der Waals surface area contributed by atoms with Gasteiger partial charge >= 0.3 is 0 Å². The highest BCUT2D eigenvalue weighted by atomic mass is 16.5. The molecule has 0 spiro atoms. The summed E-state index contributed by atoms with van der Waals surface area (Å²) in [5.41, 5.74) is 0.994. The summed E-state index contributed by atoms with van der Waals surface area (Å²) in [6.45, 7) is 7.43. The molecule has 21 heavy (non-hydrogen) atoms. The molecule has 2 atom stereocenters. The monoisotopic (exact) mass is 285 g/mol. The van der Waals surface area contributed by atoms with Crippen LogP contribution >= 0.6 is 0 Å². The minimum absolute atomic E-state index is 0.00768. The maximum absolute atomic E-state index is 12.1. The van der Waals surface area contributed by atoms with Gasteiger partial charge in [0.15, 0.2) is 0 Å². The number of aliphatic hydroxyl groups is 1. The molecular formula is C17H19NO3. The zero-order chi connectivity index (χ0) is 15.2. The maximum atomic E-state index is 12.1. The molecule has 0 fully saturated rings. The summed E-state index contributed by atoms with van der Waals surface area (Å²) >= 11 is 0. The van der Waals surface area contributed by atoms with Gasteiger partial charge in [0.1, 0.15) is 17.5 Å². The van der Waals surface area contributed by atoms with Gasteiger partial charge in [0, 0.05) is 18.2 Å². The van der Waals surface area contributed by atoms with E-state index in [0.29, 0.717) is 12.2 Å². The van der Waals surface area contributed by atoms with Crippen molar-refractivity contribution in [1.82, 2.24) is 4.90 Å². The molecule has 0 saturated carbocycles. The molecule has 4 heteroatoms. The summed E-state index contributed by atoms with van der Waals surface area (Å²) < 4.78 is 5.91. The molecule has 1 aromatic rings. The van der Waals surface area contributed by atoms with Crippen LogP contribution in [0.5, 0.6) is 5.75 Å². The third-order valence-corrected chi connectivity index (χ3v) is 4.12. The summed E-state index contributed by atoms with van der Waals surface area (Å²) in [4.78, 5) is 13.7. The molecule has 2 aliphatic heterocycles. The number of aliphatic hydroxyl groups excluding tert-OH is 1. The third-order valence-electron chi connectivity index (χ3n) is 4.12. The topological polar surface area (TPSA) is 49.8 Å². The second-order valence-corrected chi connectivity index (χ2v) is 5.99. The molecule has 1 aromatic carbocycles. The Morgan fingerprint density at radius 2 is 2.24 bits per heavy atom. The van der Waals surface area contributed by atoms with Crippen LogP contribution in [-0.2, 0) is 4.79 Å². The second-order valence-electron chi connectivity index (χ2n) is 5.99. The normalized spacial score (nSPS) is 26.4. The molecule has 1 N–H and O–H groups in total. The van der Waals surface area contributed by atoms with Gasteiger partial charge in [0.05, 0.1) is 6.04 Å². The van der Waals surface area contributed by atoms with Crippen LogP contribution in [-0.4, -0.2) is 27.6 Å². The predicted molar refractivity (Wildman–Crippen MR) is 80.6 cm³/mol. The molecule has 0 saturated heterocycles. The van der Waals surface area contributed by atoms with E-state index in [9.17, 15) is 9.90 Å². The summed E-state index contributed by atoms with van der Waals surface area (Å²) in [6, 6.07) is 5.27. The molecule has 2 aliphatic rings. The Balaban J connectivity index is 2.14. The van der Waals surface area contributed by atoms with E-state index >= 15 is 0 Å². The first-order chi connectivity index (χ1) is 9.94. The van der Waals surface area contributed by atoms with Crippen LogP contribution in [0, 0.1) is 0 Å². The second kappa shape index (κ2) is 4.74. The molecule has 2 heterocycles. The third kappa shape index (κ3) is 2.16. The number of nitrogens with zero attached hydrogens (tertiary/aromatic N) is 1. The Morgan fingerprint density at radius 1 is 1.48 bits per heavy atom. The maximum Gasteiger partial charge on any atom is 0.231 e. The van der Waals surface area contributed by atoms with Crippen molar-refractivity contribution in [1.29, 1.82) is 0 Å². The first-order valence-electron chi connectivity index (χ1n) is 7.05. The van der Waals surface area contributed by atoms with Crippen LogP contribution in [0.2, 0.25) is 0 Å². The quantitative estimate of drug-likeness (QED) is 0.909. The fraction of sp³-hybridized carbons (Fsp3) is 0.353. The number of rotatable bonds is 2. The highest BCUT2D eigenvalue weighted by molar-refractivity contribution is 5.82. The molecular weight excluding hydrogens is 266 g/mol. The number of carbonyl (C=O) groups excluding carboxylic acids is 1. The smallest absolute Gasteiger partial charge is 0.231 e. The van der Waals surface area contributed by atoms with Crippen molar-refractivity contribution in [2.75, 3.05) is 0 Å². The van der Waals surface area contributed by atoms with Gasteiger partial charge in [0.25, 0.3) is 0 Å². The van der Waals surface area contributed by atoms with Gasteiger partial charge in [-0.2, -0.15) is 0 Å². The van der Waals surface area contributed by atoms with E-state index in [1.54, 1.807) is 17.2 Å². The number of ether oxygens (including phenoxy) is 1. The summed E-state index contributed by atoms with van der Waals surface area (Å²) in [5.74, 6) is 0.695. The number of hydrogen-bond donors (Lipinski definition) is 1. The lowest BCUT2D eigenvalue weighted by atomic mass is 9.85. The number of fused-ring (bicyclic) bond motifs is 1. The summed E-state index contributed by atoms with van der Waals surface area (Å²) in [7, 11) is 0. The van der Waals surface area contributed by atoms with Crippen molar-refractivity contribution < 1.29 is 14.6 Å². The summed E-state index contributed by atoms with van der Waals surface area (Å²) in [6.07, 6.45) is 4.87. The van der Waals surface area contributed by atoms with Crippen molar-refractivity contribution in [2.24, 2.45) is 0 Å². The lowest BCUT2D eigenvalue weighted by Crippen LogP contribution is -2.53. The van der Waals surface area contributed by atoms with E-state index in [1.165, 1.54) is 0 Å². The van der Waals surface area contributed by atoms with Crippen molar-refractivity contribution in [3.8, 4) is 5.75 Å². The fourth-order valence-corrected chi connectivity index (χ4v) is 2.92. The van der Waals surface area contributed by atoms with Gasteiger partial charge in [-0.15, -0.1) is 0 Å². The van der Waals surface area contributed by atoms with Crippen molar-refractivity contribution >= 4 is 12.0 Å². The minimum Gasteiger partial charge on any atom is -0.485 e. The van der Waals surface area contributed by atoms with Gasteiger partial charge in [0.2, 0.25) is 5.91 Å². The van der Waals surface area contributed by atoms with Crippen molar-refractivity contribution in [2.45, 2.75) is 38.0 Å². The molecule has 0 bridgehead atoms. The first kappa shape index (κ1) is 13.9. The highest BCUT2D eigenvalue weighted by Crippen LogP contribution is 2.44. The van der Waals surface area contributed by atoms with Gasteiger partial charge in [-0.05, 0) is 31.5 Å². The Hall–Kier alpha value is -2.07. The Morgan fingerprint density at radius 3 is 2.86 bits per heavy atom. The number of carbonyl (C=O) groups is 1. The molecule has 4 nitrogen and oxygen atoms in total. The average molecular weight is 285 g/mol. The van der Waals surface area contributed by atoms with Crippen LogP contribution in [0.25, 0.3) is 6.08 Å². The lowest BCUT2D eigenvalue weighted by molar-refractivity contribution is -0.137. The first-order valence-corrected chi connectivity index (χ1v) is 7.05. The van der Waals surface area contributed by atoms with Gasteiger partial charge in [-0.3, -0.25) is 4.79 Å². The number of hydrogen-bond acceptors (Lipinski definition) is 3. The van der Waals surface area contributed by atoms with Gasteiger partial charge in [-0.1, -0.05) is 24.8 Å². The van der Waals surface area contributed by atoms with Gasteiger partial charge < -0.3 is 14.7 Å². The molecule has 2 unspecified atom stereocenters. The van der Waals surface area contributed by atoms with Crippen LogP contribution in [0.3, 0.4) is 0 Å². The van der Waals surface area contributed by atoms with E-state index in [4.69, 9.17) is 4.74 Å². The van der Waals surface area contributed by atoms with E-state index in [2.05, 4.69) is 6.58 Å². The highest BCUT2D eigenvalue weighted by Gasteiger charge is 2.46. The Bertz CT molecular complexity index is 633. The minimum atomic E-state index is -0.809. The van der Waals surface area contributed by atoms with E-state index in [1.807, 2.05) is 38.1 Å². The average Bonchev–Trinajstić information content (AvgIpc) is 2.86. The molecule has 0 radical (unpaired) electrons. The van der Waals surface area contributed by atoms with Crippen LogP contribution in [0.4, 0.5) is 0 Å². The molecule has 3 rings (SSSR count). The van der Waals surface area contributed by atoms with Crippen LogP contribution < -0.4 is 4.74 Å². The fourth-order valence-electron chi connectivity index (χ4n) is 2.92. The van der Waals surface area contributed by atoms with Gasteiger partial charge in [-0.25, -0.2) is 0 Å². The van der Waals surface area contributed by atoms with Crippen LogP contribution in [0.15, 0.2) is 37.1 Å². The standard InChI is InChI=1S/C17H19NO3/c1-4-11-7-8-13-12(10-11)15(16(20)17(2,3)21-13)18-9-5-6-14(18)19/h4-5,7-10,15-16,20H,1,6H2,2-3H3. The van der Waals surface area contributed by atoms with E-state index in [-0.39, 0.29) is 5.91 Å². The van der Waals surface area contributed by atoms with Crippen LogP contribution in [0.1, 0.15) is 37.4 Å². The zero-order valence-electron chi connectivity index (χ0n) is 12.2. The Labute approximate surface area is 124 Å². The zero-order valence-corrected chi connectivity index (χ0v) is 12.2. The summed E-state index contributed by atoms with van der Waals surface area (Å²) in [5, 5.41) is 10.7. The van der Waals surface area contributed by atoms with E-state index in [0.717, 1.165) is 11.1 Å². The predicted octanol–water partition coefficient (Wildman–Crippen LogP) is 2.65. The molecule has 1 amide bonds.